The van der Waals surface area contributed by atoms with E-state index in [1.807, 2.05) is 42.5 Å². The summed E-state index contributed by atoms with van der Waals surface area (Å²) in [5, 5.41) is 0. The van der Waals surface area contributed by atoms with Crippen LogP contribution in [0.5, 0.6) is 11.5 Å². The SMILES string of the molecule is CCCCCCCCOc1ccc(-c2ccc(C(=O)Oc3ccc(CCCCCCCC)cc3F)cc2)cc1. The van der Waals surface area contributed by atoms with Crippen LogP contribution in [0.3, 0.4) is 0 Å². The molecule has 210 valence electrons. The van der Waals surface area contributed by atoms with Gasteiger partial charge >= 0.3 is 5.97 Å². The van der Waals surface area contributed by atoms with Crippen LogP contribution in [0.25, 0.3) is 11.1 Å². The minimum absolute atomic E-state index is 0.0349. The van der Waals surface area contributed by atoms with Crippen molar-refractivity contribution in [2.45, 2.75) is 97.3 Å². The van der Waals surface area contributed by atoms with E-state index in [9.17, 15) is 9.18 Å². The van der Waals surface area contributed by atoms with E-state index in [0.29, 0.717) is 5.56 Å². The molecule has 0 aliphatic heterocycles. The Morgan fingerprint density at radius 3 is 1.85 bits per heavy atom. The summed E-state index contributed by atoms with van der Waals surface area (Å²) in [5.41, 5.74) is 3.34. The first-order chi connectivity index (χ1) is 19.1. The summed E-state index contributed by atoms with van der Waals surface area (Å²) >= 11 is 0. The molecule has 3 aromatic rings. The lowest BCUT2D eigenvalue weighted by atomic mass is 10.0. The van der Waals surface area contributed by atoms with Crippen molar-refractivity contribution in [1.82, 2.24) is 0 Å². The number of aryl methyl sites for hydroxylation is 1. The standard InChI is InChI=1S/C35H45FO3/c1-3-5-7-9-11-13-15-28-16-25-34(33(36)27-28)39-35(37)31-19-17-29(18-20-31)30-21-23-32(24-22-30)38-26-14-12-10-8-6-4-2/h16-25,27H,3-15,26H2,1-2H3. The third kappa shape index (κ3) is 10.9. The smallest absolute Gasteiger partial charge is 0.343 e. The third-order valence-corrected chi connectivity index (χ3v) is 7.09. The predicted octanol–water partition coefficient (Wildman–Crippen LogP) is 10.4. The van der Waals surface area contributed by atoms with Crippen LogP contribution < -0.4 is 9.47 Å². The fourth-order valence-corrected chi connectivity index (χ4v) is 4.67. The van der Waals surface area contributed by atoms with Crippen LogP contribution in [0.15, 0.2) is 66.7 Å². The monoisotopic (exact) mass is 532 g/mol. The highest BCUT2D eigenvalue weighted by Crippen LogP contribution is 2.25. The van der Waals surface area contributed by atoms with Crippen LogP contribution in [-0.4, -0.2) is 12.6 Å². The van der Waals surface area contributed by atoms with Crippen LogP contribution in [0.1, 0.15) is 107 Å². The summed E-state index contributed by atoms with van der Waals surface area (Å²) in [6.07, 6.45) is 15.5. The lowest BCUT2D eigenvalue weighted by molar-refractivity contribution is 0.0728. The molecule has 0 saturated carbocycles. The molecule has 0 aliphatic rings. The van der Waals surface area contributed by atoms with Gasteiger partial charge in [0, 0.05) is 0 Å². The molecule has 0 fully saturated rings. The van der Waals surface area contributed by atoms with Gasteiger partial charge in [-0.05, 0) is 72.4 Å². The lowest BCUT2D eigenvalue weighted by Crippen LogP contribution is -2.09. The number of benzene rings is 3. The van der Waals surface area contributed by atoms with Crippen molar-refractivity contribution in [1.29, 1.82) is 0 Å². The maximum atomic E-state index is 14.6. The number of carbonyl (C=O) groups is 1. The first-order valence-corrected chi connectivity index (χ1v) is 14.9. The summed E-state index contributed by atoms with van der Waals surface area (Å²) in [7, 11) is 0. The van der Waals surface area contributed by atoms with Crippen LogP contribution in [-0.2, 0) is 6.42 Å². The second-order valence-corrected chi connectivity index (χ2v) is 10.4. The molecule has 0 N–H and O–H groups in total. The Balaban J connectivity index is 1.45. The molecule has 0 spiro atoms. The molecule has 0 heterocycles. The summed E-state index contributed by atoms with van der Waals surface area (Å²) in [5.74, 6) is -0.232. The Kier molecular flexibility index (Phi) is 13.6. The van der Waals surface area contributed by atoms with Crippen molar-refractivity contribution in [3.05, 3.63) is 83.7 Å². The van der Waals surface area contributed by atoms with E-state index in [2.05, 4.69) is 13.8 Å². The number of carbonyl (C=O) groups excluding carboxylic acids is 1. The number of ether oxygens (including phenoxy) is 2. The first-order valence-electron chi connectivity index (χ1n) is 14.9. The zero-order valence-electron chi connectivity index (χ0n) is 23.9. The Bertz CT molecular complexity index is 1110. The molecule has 0 aliphatic carbocycles. The Morgan fingerprint density at radius 1 is 0.667 bits per heavy atom. The molecule has 3 aromatic carbocycles. The lowest BCUT2D eigenvalue weighted by Gasteiger charge is -2.09. The van der Waals surface area contributed by atoms with Gasteiger partial charge in [0.15, 0.2) is 11.6 Å². The molecule has 0 saturated heterocycles. The van der Waals surface area contributed by atoms with Gasteiger partial charge in [-0.15, -0.1) is 0 Å². The molecule has 3 nitrogen and oxygen atoms in total. The van der Waals surface area contributed by atoms with Gasteiger partial charge in [-0.2, -0.15) is 0 Å². The first kappa shape index (κ1) is 30.4. The molecule has 4 heteroatoms. The molecule has 39 heavy (non-hydrogen) atoms. The van der Waals surface area contributed by atoms with Crippen LogP contribution >= 0.6 is 0 Å². The molecule has 0 bridgehead atoms. The van der Waals surface area contributed by atoms with E-state index in [1.165, 1.54) is 63.9 Å². The van der Waals surface area contributed by atoms with Gasteiger partial charge in [0.05, 0.1) is 12.2 Å². The van der Waals surface area contributed by atoms with Crippen LogP contribution in [0.2, 0.25) is 0 Å². The van der Waals surface area contributed by atoms with Gasteiger partial charge < -0.3 is 9.47 Å². The number of esters is 1. The maximum absolute atomic E-state index is 14.6. The van der Waals surface area contributed by atoms with Crippen molar-refractivity contribution in [2.24, 2.45) is 0 Å². The van der Waals surface area contributed by atoms with Crippen molar-refractivity contribution >= 4 is 5.97 Å². The van der Waals surface area contributed by atoms with Gasteiger partial charge in [0.1, 0.15) is 5.75 Å². The zero-order chi connectivity index (χ0) is 27.7. The quantitative estimate of drug-likeness (QED) is 0.0928. The molecular formula is C35H45FO3. The highest BCUT2D eigenvalue weighted by molar-refractivity contribution is 5.91. The van der Waals surface area contributed by atoms with E-state index in [-0.39, 0.29) is 5.75 Å². The topological polar surface area (TPSA) is 35.5 Å². The number of hydrogen-bond donors (Lipinski definition) is 0. The van der Waals surface area contributed by atoms with Gasteiger partial charge in [0.2, 0.25) is 0 Å². The summed E-state index contributed by atoms with van der Waals surface area (Å²) in [6, 6.07) is 20.1. The Morgan fingerprint density at radius 2 is 1.23 bits per heavy atom. The van der Waals surface area contributed by atoms with Gasteiger partial charge in [0.25, 0.3) is 0 Å². The number of unbranched alkanes of at least 4 members (excludes halogenated alkanes) is 10. The zero-order valence-corrected chi connectivity index (χ0v) is 23.9. The average Bonchev–Trinajstić information content (AvgIpc) is 2.96. The minimum atomic E-state index is -0.567. The fraction of sp³-hybridized carbons (Fsp3) is 0.457. The van der Waals surface area contributed by atoms with E-state index < -0.39 is 11.8 Å². The molecule has 0 aromatic heterocycles. The van der Waals surface area contributed by atoms with Crippen molar-refractivity contribution in [3.63, 3.8) is 0 Å². The summed E-state index contributed by atoms with van der Waals surface area (Å²) < 4.78 is 25.8. The van der Waals surface area contributed by atoms with Crippen molar-refractivity contribution < 1.29 is 18.7 Å². The molecule has 0 unspecified atom stereocenters. The fourth-order valence-electron chi connectivity index (χ4n) is 4.67. The highest BCUT2D eigenvalue weighted by Gasteiger charge is 2.13. The van der Waals surface area contributed by atoms with E-state index in [1.54, 1.807) is 18.2 Å². The molecule has 3 rings (SSSR count). The summed E-state index contributed by atoms with van der Waals surface area (Å²) in [4.78, 5) is 12.6. The molecule has 0 radical (unpaired) electrons. The van der Waals surface area contributed by atoms with Gasteiger partial charge in [-0.1, -0.05) is 108 Å². The minimum Gasteiger partial charge on any atom is -0.494 e. The molecular weight excluding hydrogens is 487 g/mol. The second kappa shape index (κ2) is 17.4. The van der Waals surface area contributed by atoms with E-state index >= 15 is 0 Å². The number of halogens is 1. The second-order valence-electron chi connectivity index (χ2n) is 10.4. The van der Waals surface area contributed by atoms with E-state index in [4.69, 9.17) is 9.47 Å². The number of rotatable bonds is 18. The average molecular weight is 533 g/mol. The number of hydrogen-bond acceptors (Lipinski definition) is 3. The summed E-state index contributed by atoms with van der Waals surface area (Å²) in [6.45, 7) is 5.18. The normalized spacial score (nSPS) is 10.9. The largest absolute Gasteiger partial charge is 0.494 e. The molecule has 0 atom stereocenters. The third-order valence-electron chi connectivity index (χ3n) is 7.09. The van der Waals surface area contributed by atoms with Gasteiger partial charge in [-0.25, -0.2) is 9.18 Å². The van der Waals surface area contributed by atoms with Gasteiger partial charge in [-0.3, -0.25) is 0 Å². The predicted molar refractivity (Wildman–Crippen MR) is 159 cm³/mol. The van der Waals surface area contributed by atoms with E-state index in [0.717, 1.165) is 54.7 Å². The maximum Gasteiger partial charge on any atom is 0.343 e. The Hall–Kier alpha value is -3.14. The molecule has 0 amide bonds. The Labute approximate surface area is 234 Å². The highest BCUT2D eigenvalue weighted by atomic mass is 19.1. The van der Waals surface area contributed by atoms with Crippen LogP contribution in [0.4, 0.5) is 4.39 Å². The van der Waals surface area contributed by atoms with Crippen LogP contribution in [0, 0.1) is 5.82 Å². The van der Waals surface area contributed by atoms with Crippen molar-refractivity contribution in [3.8, 4) is 22.6 Å². The van der Waals surface area contributed by atoms with Crippen molar-refractivity contribution in [2.75, 3.05) is 6.61 Å².